The van der Waals surface area contributed by atoms with E-state index in [2.05, 4.69) is 39.7 Å². The van der Waals surface area contributed by atoms with Gasteiger partial charge in [-0.05, 0) is 42.9 Å². The summed E-state index contributed by atoms with van der Waals surface area (Å²) in [6, 6.07) is 10.4. The van der Waals surface area contributed by atoms with Gasteiger partial charge >= 0.3 is 0 Å². The Hall–Kier alpha value is -1.78. The van der Waals surface area contributed by atoms with Crippen molar-refractivity contribution in [1.82, 2.24) is 15.4 Å². The van der Waals surface area contributed by atoms with E-state index >= 15 is 0 Å². The highest BCUT2D eigenvalue weighted by Crippen LogP contribution is 2.40. The van der Waals surface area contributed by atoms with Crippen molar-refractivity contribution in [3.05, 3.63) is 59.2 Å². The lowest BCUT2D eigenvalue weighted by Gasteiger charge is -2.30. The predicted octanol–water partition coefficient (Wildman–Crippen LogP) is 2.61. The molecule has 0 aliphatic heterocycles. The molecule has 0 saturated heterocycles. The molecule has 1 heterocycles. The van der Waals surface area contributed by atoms with Crippen LogP contribution in [0.1, 0.15) is 53.9 Å². The first kappa shape index (κ1) is 13.2. The Bertz CT molecular complexity index is 593. The predicted molar refractivity (Wildman–Crippen MR) is 79.0 cm³/mol. The molecule has 4 heteroatoms. The Morgan fingerprint density at radius 1 is 1.25 bits per heavy atom. The Morgan fingerprint density at radius 3 is 2.70 bits per heavy atom. The topological polar surface area (TPSA) is 63.8 Å². The average molecular weight is 268 g/mol. The maximum atomic E-state index is 5.80. The van der Waals surface area contributed by atoms with Crippen LogP contribution in [0.3, 0.4) is 0 Å². The molecule has 1 aliphatic carbocycles. The molecule has 2 aromatic rings. The minimum Gasteiger partial charge on any atom is -0.271 e. The highest BCUT2D eigenvalue weighted by Gasteiger charge is 2.25. The molecular formula is C16H20N4. The maximum absolute atomic E-state index is 5.80. The van der Waals surface area contributed by atoms with Gasteiger partial charge in [-0.3, -0.25) is 5.84 Å². The summed E-state index contributed by atoms with van der Waals surface area (Å²) in [5.41, 5.74) is 6.47. The summed E-state index contributed by atoms with van der Waals surface area (Å²) in [6.07, 6.45) is 5.66. The number of aryl methyl sites for hydroxylation is 1. The largest absolute Gasteiger partial charge is 0.271 e. The molecule has 1 unspecified atom stereocenters. The third-order valence-electron chi connectivity index (χ3n) is 4.11. The van der Waals surface area contributed by atoms with Crippen LogP contribution in [0.2, 0.25) is 0 Å². The fourth-order valence-electron chi connectivity index (χ4n) is 2.83. The molecule has 1 aliphatic rings. The fourth-order valence-corrected chi connectivity index (χ4v) is 2.83. The molecule has 3 N–H and O–H groups in total. The zero-order valence-corrected chi connectivity index (χ0v) is 11.7. The molecule has 3 rings (SSSR count). The Balaban J connectivity index is 2.01. The first-order valence-electron chi connectivity index (χ1n) is 7.14. The summed E-state index contributed by atoms with van der Waals surface area (Å²) in [4.78, 5) is 8.67. The molecule has 1 fully saturated rings. The molecule has 1 atom stereocenters. The van der Waals surface area contributed by atoms with Crippen molar-refractivity contribution in [2.75, 3.05) is 0 Å². The lowest BCUT2D eigenvalue weighted by atomic mass is 9.77. The van der Waals surface area contributed by atoms with E-state index in [9.17, 15) is 0 Å². The van der Waals surface area contributed by atoms with Gasteiger partial charge in [0.2, 0.25) is 0 Å². The van der Waals surface area contributed by atoms with Gasteiger partial charge in [0.05, 0.1) is 11.7 Å². The van der Waals surface area contributed by atoms with Crippen LogP contribution in [-0.2, 0) is 0 Å². The number of benzene rings is 1. The van der Waals surface area contributed by atoms with Gasteiger partial charge in [-0.2, -0.15) is 0 Å². The summed E-state index contributed by atoms with van der Waals surface area (Å²) in [7, 11) is 0. The molecule has 0 amide bonds. The summed E-state index contributed by atoms with van der Waals surface area (Å²) in [6.45, 7) is 1.90. The Labute approximate surface area is 119 Å². The van der Waals surface area contributed by atoms with Crippen LogP contribution in [0, 0.1) is 6.92 Å². The number of hydrogen-bond donors (Lipinski definition) is 2. The zero-order chi connectivity index (χ0) is 13.9. The van der Waals surface area contributed by atoms with Crippen molar-refractivity contribution in [3.63, 3.8) is 0 Å². The van der Waals surface area contributed by atoms with Crippen molar-refractivity contribution in [3.8, 4) is 0 Å². The van der Waals surface area contributed by atoms with Crippen molar-refractivity contribution >= 4 is 0 Å². The third-order valence-corrected chi connectivity index (χ3v) is 4.11. The minimum absolute atomic E-state index is 0.0755. The Morgan fingerprint density at radius 2 is 2.05 bits per heavy atom. The molecule has 4 nitrogen and oxygen atoms in total. The highest BCUT2D eigenvalue weighted by atomic mass is 15.2. The highest BCUT2D eigenvalue weighted by molar-refractivity contribution is 5.38. The summed E-state index contributed by atoms with van der Waals surface area (Å²) >= 11 is 0. The third kappa shape index (κ3) is 2.44. The first-order valence-corrected chi connectivity index (χ1v) is 7.14. The second-order valence-electron chi connectivity index (χ2n) is 5.39. The number of aromatic nitrogens is 2. The van der Waals surface area contributed by atoms with Crippen LogP contribution in [0.25, 0.3) is 0 Å². The summed E-state index contributed by atoms with van der Waals surface area (Å²) in [5, 5.41) is 0. The maximum Gasteiger partial charge on any atom is 0.125 e. The number of hydrogen-bond acceptors (Lipinski definition) is 4. The van der Waals surface area contributed by atoms with E-state index in [0.29, 0.717) is 5.92 Å². The quantitative estimate of drug-likeness (QED) is 0.661. The van der Waals surface area contributed by atoms with Gasteiger partial charge in [0, 0.05) is 6.20 Å². The fraction of sp³-hybridized carbons (Fsp3) is 0.375. The molecule has 104 valence electrons. The molecule has 20 heavy (non-hydrogen) atoms. The number of nitrogens with zero attached hydrogens (tertiary/aromatic N) is 2. The molecule has 1 aromatic carbocycles. The second-order valence-corrected chi connectivity index (χ2v) is 5.39. The number of nitrogens with two attached hydrogens (primary N) is 1. The first-order chi connectivity index (χ1) is 9.79. The van der Waals surface area contributed by atoms with Crippen LogP contribution in [0.5, 0.6) is 0 Å². The van der Waals surface area contributed by atoms with E-state index in [4.69, 9.17) is 5.84 Å². The Kier molecular flexibility index (Phi) is 3.76. The van der Waals surface area contributed by atoms with Crippen LogP contribution in [-0.4, -0.2) is 9.97 Å². The van der Waals surface area contributed by atoms with Crippen LogP contribution in [0.4, 0.5) is 0 Å². The molecular weight excluding hydrogens is 248 g/mol. The summed E-state index contributed by atoms with van der Waals surface area (Å²) < 4.78 is 0. The molecule has 1 saturated carbocycles. The van der Waals surface area contributed by atoms with E-state index in [-0.39, 0.29) is 6.04 Å². The SMILES string of the molecule is Cc1nccc(C(NN)c2ccccc2C2CCC2)n1. The van der Waals surface area contributed by atoms with Gasteiger partial charge in [0.15, 0.2) is 0 Å². The van der Waals surface area contributed by atoms with E-state index in [0.717, 1.165) is 11.5 Å². The molecule has 0 bridgehead atoms. The standard InChI is InChI=1S/C16H20N4/c1-11-18-10-9-15(19-11)16(20-17)14-8-3-2-7-13(14)12-5-4-6-12/h2-3,7-10,12,16,20H,4-6,17H2,1H3. The van der Waals surface area contributed by atoms with Crippen LogP contribution >= 0.6 is 0 Å². The smallest absolute Gasteiger partial charge is 0.125 e. The normalized spacial score (nSPS) is 16.7. The lowest BCUT2D eigenvalue weighted by molar-refractivity contribution is 0.414. The van der Waals surface area contributed by atoms with E-state index in [1.807, 2.05) is 13.0 Å². The van der Waals surface area contributed by atoms with Gasteiger partial charge < -0.3 is 0 Å². The monoisotopic (exact) mass is 268 g/mol. The van der Waals surface area contributed by atoms with Crippen LogP contribution in [0.15, 0.2) is 36.5 Å². The van der Waals surface area contributed by atoms with Crippen molar-refractivity contribution in [1.29, 1.82) is 0 Å². The van der Waals surface area contributed by atoms with Crippen molar-refractivity contribution in [2.24, 2.45) is 5.84 Å². The number of rotatable bonds is 4. The molecule has 0 spiro atoms. The van der Waals surface area contributed by atoms with Crippen LogP contribution < -0.4 is 11.3 Å². The number of hydrazine groups is 1. The average Bonchev–Trinajstić information content (AvgIpc) is 2.40. The number of nitrogens with one attached hydrogen (secondary N) is 1. The second kappa shape index (κ2) is 5.69. The minimum atomic E-state index is -0.0755. The summed E-state index contributed by atoms with van der Waals surface area (Å²) in [5.74, 6) is 7.24. The van der Waals surface area contributed by atoms with E-state index in [1.165, 1.54) is 30.4 Å². The molecule has 1 aromatic heterocycles. The van der Waals surface area contributed by atoms with Crippen molar-refractivity contribution in [2.45, 2.75) is 38.1 Å². The van der Waals surface area contributed by atoms with E-state index in [1.54, 1.807) is 6.20 Å². The van der Waals surface area contributed by atoms with Gasteiger partial charge in [-0.1, -0.05) is 30.7 Å². The van der Waals surface area contributed by atoms with Gasteiger partial charge in [-0.25, -0.2) is 15.4 Å². The van der Waals surface area contributed by atoms with Gasteiger partial charge in [0.1, 0.15) is 5.82 Å². The van der Waals surface area contributed by atoms with Crippen molar-refractivity contribution < 1.29 is 0 Å². The molecule has 0 radical (unpaired) electrons. The zero-order valence-electron chi connectivity index (χ0n) is 11.7. The van der Waals surface area contributed by atoms with Gasteiger partial charge in [0.25, 0.3) is 0 Å². The van der Waals surface area contributed by atoms with Gasteiger partial charge in [-0.15, -0.1) is 0 Å². The van der Waals surface area contributed by atoms with E-state index < -0.39 is 0 Å². The lowest BCUT2D eigenvalue weighted by Crippen LogP contribution is -2.31.